The van der Waals surface area contributed by atoms with Crippen molar-refractivity contribution < 1.29 is 4.74 Å². The van der Waals surface area contributed by atoms with E-state index in [9.17, 15) is 0 Å². The molecule has 1 saturated heterocycles. The summed E-state index contributed by atoms with van der Waals surface area (Å²) < 4.78 is 5.63. The molecule has 1 heterocycles. The second-order valence-electron chi connectivity index (χ2n) is 3.51. The third-order valence-electron chi connectivity index (χ3n) is 2.86. The predicted molar refractivity (Wildman–Crippen MR) is 39.7 cm³/mol. The van der Waals surface area contributed by atoms with Gasteiger partial charge in [0.1, 0.15) is 5.72 Å². The average Bonchev–Trinajstić information content (AvgIpc) is 2.09. The van der Waals surface area contributed by atoms with E-state index in [0.717, 1.165) is 19.1 Å². The number of hydrogen-bond acceptors (Lipinski definition) is 2. The molecule has 1 saturated carbocycles. The van der Waals surface area contributed by atoms with Crippen LogP contribution in [-0.4, -0.2) is 18.9 Å². The quantitative estimate of drug-likeness (QED) is 0.591. The normalized spacial score (nSPS) is 41.7. The number of rotatable bonds is 1. The second kappa shape index (κ2) is 2.21. The molecular formula is C8H15NO. The first-order valence-electron chi connectivity index (χ1n) is 4.20. The van der Waals surface area contributed by atoms with Crippen LogP contribution in [0.4, 0.5) is 0 Å². The van der Waals surface area contributed by atoms with E-state index in [1.165, 1.54) is 19.3 Å². The van der Waals surface area contributed by atoms with Gasteiger partial charge in [0.2, 0.25) is 0 Å². The van der Waals surface area contributed by atoms with Crippen molar-refractivity contribution in [2.24, 2.45) is 5.92 Å². The van der Waals surface area contributed by atoms with Gasteiger partial charge in [0, 0.05) is 12.5 Å². The van der Waals surface area contributed by atoms with Crippen LogP contribution in [0.2, 0.25) is 0 Å². The Kier molecular flexibility index (Phi) is 1.46. The molecule has 0 spiro atoms. The summed E-state index contributed by atoms with van der Waals surface area (Å²) in [4.78, 5) is 0. The number of hydrogen-bond donors (Lipinski definition) is 1. The third-order valence-corrected chi connectivity index (χ3v) is 2.86. The van der Waals surface area contributed by atoms with Crippen molar-refractivity contribution in [2.75, 3.05) is 13.2 Å². The molecule has 0 amide bonds. The molecule has 1 N–H and O–H groups in total. The molecule has 1 aliphatic heterocycles. The summed E-state index contributed by atoms with van der Waals surface area (Å²) in [6.07, 6.45) is 4.10. The van der Waals surface area contributed by atoms with Crippen molar-refractivity contribution in [3.05, 3.63) is 0 Å². The van der Waals surface area contributed by atoms with Crippen LogP contribution in [0.5, 0.6) is 0 Å². The molecule has 0 aromatic carbocycles. The average molecular weight is 141 g/mol. The van der Waals surface area contributed by atoms with Crippen LogP contribution >= 0.6 is 0 Å². The molecule has 10 heavy (non-hydrogen) atoms. The van der Waals surface area contributed by atoms with Crippen LogP contribution in [0.3, 0.4) is 0 Å². The van der Waals surface area contributed by atoms with Crippen LogP contribution in [0.1, 0.15) is 26.2 Å². The Balaban J connectivity index is 1.98. The smallest absolute Gasteiger partial charge is 0.119 e. The van der Waals surface area contributed by atoms with Crippen molar-refractivity contribution in [3.63, 3.8) is 0 Å². The van der Waals surface area contributed by atoms with E-state index in [1.807, 2.05) is 0 Å². The molecule has 0 aromatic heterocycles. The summed E-state index contributed by atoms with van der Waals surface area (Å²) in [6.45, 7) is 4.11. The first kappa shape index (κ1) is 6.62. The molecule has 0 radical (unpaired) electrons. The molecule has 2 fully saturated rings. The molecule has 0 bridgehead atoms. The molecule has 1 unspecified atom stereocenters. The lowest BCUT2D eigenvalue weighted by Crippen LogP contribution is -2.47. The largest absolute Gasteiger partial charge is 0.359 e. The molecule has 1 atom stereocenters. The maximum absolute atomic E-state index is 5.63. The van der Waals surface area contributed by atoms with Crippen LogP contribution in [-0.2, 0) is 4.74 Å². The Labute approximate surface area is 61.9 Å². The summed E-state index contributed by atoms with van der Waals surface area (Å²) in [5, 5.41) is 3.41. The van der Waals surface area contributed by atoms with E-state index in [-0.39, 0.29) is 5.72 Å². The van der Waals surface area contributed by atoms with Crippen molar-refractivity contribution in [3.8, 4) is 0 Å². The number of nitrogens with one attached hydrogen (secondary N) is 1. The maximum Gasteiger partial charge on any atom is 0.119 e. The van der Waals surface area contributed by atoms with Gasteiger partial charge in [-0.15, -0.1) is 0 Å². The van der Waals surface area contributed by atoms with Gasteiger partial charge in [0.15, 0.2) is 0 Å². The van der Waals surface area contributed by atoms with Gasteiger partial charge >= 0.3 is 0 Å². The maximum atomic E-state index is 5.63. The highest BCUT2D eigenvalue weighted by Crippen LogP contribution is 2.37. The minimum absolute atomic E-state index is 0.0399. The Morgan fingerprint density at radius 1 is 1.50 bits per heavy atom. The molecule has 2 nitrogen and oxygen atoms in total. The van der Waals surface area contributed by atoms with Gasteiger partial charge in [-0.25, -0.2) is 0 Å². The monoisotopic (exact) mass is 141 g/mol. The van der Waals surface area contributed by atoms with E-state index in [1.54, 1.807) is 0 Å². The van der Waals surface area contributed by atoms with E-state index >= 15 is 0 Å². The topological polar surface area (TPSA) is 21.3 Å². The van der Waals surface area contributed by atoms with Gasteiger partial charge in [-0.05, 0) is 19.8 Å². The Morgan fingerprint density at radius 3 is 2.70 bits per heavy atom. The predicted octanol–water partition coefficient (Wildman–Crippen LogP) is 1.12. The van der Waals surface area contributed by atoms with Crippen LogP contribution in [0.25, 0.3) is 0 Å². The lowest BCUT2D eigenvalue weighted by Gasteiger charge is -2.39. The van der Waals surface area contributed by atoms with Gasteiger partial charge in [-0.1, -0.05) is 6.42 Å². The van der Waals surface area contributed by atoms with E-state index in [0.29, 0.717) is 0 Å². The Hall–Kier alpha value is -0.0800. The van der Waals surface area contributed by atoms with Crippen molar-refractivity contribution in [2.45, 2.75) is 31.9 Å². The lowest BCUT2D eigenvalue weighted by atomic mass is 9.78. The van der Waals surface area contributed by atoms with Gasteiger partial charge in [-0.3, -0.25) is 5.32 Å². The molecule has 2 heteroatoms. The Morgan fingerprint density at radius 2 is 2.30 bits per heavy atom. The SMILES string of the molecule is CC1(C2CCC2)NCCO1. The molecular weight excluding hydrogens is 126 g/mol. The van der Waals surface area contributed by atoms with Gasteiger partial charge in [0.25, 0.3) is 0 Å². The summed E-state index contributed by atoms with van der Waals surface area (Å²) in [7, 11) is 0. The first-order valence-corrected chi connectivity index (χ1v) is 4.20. The zero-order chi connectivity index (χ0) is 7.03. The zero-order valence-corrected chi connectivity index (χ0v) is 6.52. The van der Waals surface area contributed by atoms with Gasteiger partial charge in [-0.2, -0.15) is 0 Å². The third kappa shape index (κ3) is 0.867. The minimum atomic E-state index is 0.0399. The first-order chi connectivity index (χ1) is 4.81. The summed E-state index contributed by atoms with van der Waals surface area (Å²) in [5.74, 6) is 0.787. The van der Waals surface area contributed by atoms with E-state index in [4.69, 9.17) is 4.74 Å². The van der Waals surface area contributed by atoms with E-state index < -0.39 is 0 Å². The van der Waals surface area contributed by atoms with Crippen LogP contribution in [0.15, 0.2) is 0 Å². The van der Waals surface area contributed by atoms with Gasteiger partial charge < -0.3 is 4.74 Å². The van der Waals surface area contributed by atoms with Crippen molar-refractivity contribution in [1.29, 1.82) is 0 Å². The van der Waals surface area contributed by atoms with Gasteiger partial charge in [0.05, 0.1) is 6.61 Å². The van der Waals surface area contributed by atoms with Crippen LogP contribution < -0.4 is 5.32 Å². The lowest BCUT2D eigenvalue weighted by molar-refractivity contribution is -0.0693. The fourth-order valence-corrected chi connectivity index (χ4v) is 1.83. The molecule has 58 valence electrons. The molecule has 0 aromatic rings. The number of ether oxygens (including phenoxy) is 1. The highest BCUT2D eigenvalue weighted by molar-refractivity contribution is 4.89. The van der Waals surface area contributed by atoms with E-state index in [2.05, 4.69) is 12.2 Å². The summed E-state index contributed by atoms with van der Waals surface area (Å²) in [6, 6.07) is 0. The highest BCUT2D eigenvalue weighted by Gasteiger charge is 2.40. The standard InChI is InChI=1S/C8H15NO/c1-8(7-3-2-4-7)9-5-6-10-8/h7,9H,2-6H2,1H3. The second-order valence-corrected chi connectivity index (χ2v) is 3.51. The minimum Gasteiger partial charge on any atom is -0.359 e. The summed E-state index contributed by atoms with van der Waals surface area (Å²) >= 11 is 0. The molecule has 2 rings (SSSR count). The van der Waals surface area contributed by atoms with Crippen molar-refractivity contribution in [1.82, 2.24) is 5.32 Å². The fourth-order valence-electron chi connectivity index (χ4n) is 1.83. The fraction of sp³-hybridized carbons (Fsp3) is 1.00. The highest BCUT2D eigenvalue weighted by atomic mass is 16.5. The Bertz CT molecular complexity index is 125. The molecule has 1 aliphatic carbocycles. The van der Waals surface area contributed by atoms with Crippen molar-refractivity contribution >= 4 is 0 Å². The summed E-state index contributed by atoms with van der Waals surface area (Å²) in [5.41, 5.74) is 0.0399. The zero-order valence-electron chi connectivity index (χ0n) is 6.52. The molecule has 2 aliphatic rings. The van der Waals surface area contributed by atoms with Crippen LogP contribution in [0, 0.1) is 5.92 Å².